The predicted octanol–water partition coefficient (Wildman–Crippen LogP) is 2.59. The van der Waals surface area contributed by atoms with Crippen molar-refractivity contribution in [2.45, 2.75) is 51.0 Å². The number of tetrazole rings is 1. The van der Waals surface area contributed by atoms with E-state index in [2.05, 4.69) is 26.2 Å². The van der Waals surface area contributed by atoms with Crippen molar-refractivity contribution in [1.82, 2.24) is 30.4 Å². The van der Waals surface area contributed by atoms with Gasteiger partial charge in [-0.2, -0.15) is 0 Å². The van der Waals surface area contributed by atoms with E-state index in [1.165, 1.54) is 12.8 Å². The molecule has 9 nitrogen and oxygen atoms in total. The minimum absolute atomic E-state index is 0.116. The molecule has 0 unspecified atom stereocenters. The van der Waals surface area contributed by atoms with Crippen molar-refractivity contribution in [3.05, 3.63) is 24.3 Å². The summed E-state index contributed by atoms with van der Waals surface area (Å²) in [5.41, 5.74) is 1.59. The van der Waals surface area contributed by atoms with E-state index < -0.39 is 0 Å². The monoisotopic (exact) mass is 397 g/mol. The molecule has 1 aliphatic heterocycles. The standard InChI is InChI=1S/C20H27N7O2/c28-18(26-13-3-1-2-4-14-26)11-12-21-20(29)22-16-7-5-15(6-8-16)19-23-24-25-27(19)17-9-10-17/h5-8,17H,1-4,9-14H2,(H2,21,22,29). The number of urea groups is 1. The molecule has 1 saturated heterocycles. The van der Waals surface area contributed by atoms with Crippen molar-refractivity contribution in [1.29, 1.82) is 0 Å². The zero-order chi connectivity index (χ0) is 20.1. The van der Waals surface area contributed by atoms with Gasteiger partial charge in [-0.15, -0.1) is 5.10 Å². The third-order valence-electron chi connectivity index (χ3n) is 5.37. The van der Waals surface area contributed by atoms with Gasteiger partial charge in [0.05, 0.1) is 6.04 Å². The maximum Gasteiger partial charge on any atom is 0.319 e. The second kappa shape index (κ2) is 9.02. The van der Waals surface area contributed by atoms with Crippen molar-refractivity contribution in [3.8, 4) is 11.4 Å². The number of anilines is 1. The molecule has 4 rings (SSSR count). The van der Waals surface area contributed by atoms with Crippen LogP contribution >= 0.6 is 0 Å². The van der Waals surface area contributed by atoms with E-state index in [1.807, 2.05) is 33.8 Å². The third-order valence-corrected chi connectivity index (χ3v) is 5.37. The number of rotatable bonds is 6. The smallest absolute Gasteiger partial charge is 0.319 e. The van der Waals surface area contributed by atoms with Crippen molar-refractivity contribution < 1.29 is 9.59 Å². The number of carbonyl (C=O) groups excluding carboxylic acids is 2. The van der Waals surface area contributed by atoms with Gasteiger partial charge in [0.15, 0.2) is 5.82 Å². The summed E-state index contributed by atoms with van der Waals surface area (Å²) >= 11 is 0. The molecule has 29 heavy (non-hydrogen) atoms. The minimum Gasteiger partial charge on any atom is -0.343 e. The molecule has 2 fully saturated rings. The van der Waals surface area contributed by atoms with Crippen molar-refractivity contribution >= 4 is 17.6 Å². The van der Waals surface area contributed by atoms with Gasteiger partial charge in [0.2, 0.25) is 5.91 Å². The van der Waals surface area contributed by atoms with Crippen LogP contribution in [0.25, 0.3) is 11.4 Å². The number of nitrogens with zero attached hydrogens (tertiary/aromatic N) is 5. The van der Waals surface area contributed by atoms with Crippen LogP contribution in [0.3, 0.4) is 0 Å². The minimum atomic E-state index is -0.316. The number of hydrogen-bond acceptors (Lipinski definition) is 5. The van der Waals surface area contributed by atoms with Gasteiger partial charge in [0, 0.05) is 37.3 Å². The van der Waals surface area contributed by atoms with Crippen LogP contribution in [-0.2, 0) is 4.79 Å². The molecule has 1 aromatic heterocycles. The van der Waals surface area contributed by atoms with Gasteiger partial charge in [-0.3, -0.25) is 4.79 Å². The molecule has 0 radical (unpaired) electrons. The fraction of sp³-hybridized carbons (Fsp3) is 0.550. The summed E-state index contributed by atoms with van der Waals surface area (Å²) < 4.78 is 1.86. The molecule has 0 atom stereocenters. The average Bonchev–Trinajstić information content (AvgIpc) is 3.51. The third kappa shape index (κ3) is 5.10. The predicted molar refractivity (Wildman–Crippen MR) is 108 cm³/mol. The maximum atomic E-state index is 12.3. The Labute approximate surface area is 169 Å². The molecule has 2 heterocycles. The maximum absolute atomic E-state index is 12.3. The van der Waals surface area contributed by atoms with Gasteiger partial charge in [-0.25, -0.2) is 9.48 Å². The Morgan fingerprint density at radius 3 is 2.45 bits per heavy atom. The van der Waals surface area contributed by atoms with Gasteiger partial charge < -0.3 is 15.5 Å². The molecule has 2 aromatic rings. The van der Waals surface area contributed by atoms with Gasteiger partial charge in [-0.1, -0.05) is 12.8 Å². The lowest BCUT2D eigenvalue weighted by Gasteiger charge is -2.20. The molecule has 2 N–H and O–H groups in total. The quantitative estimate of drug-likeness (QED) is 0.779. The van der Waals surface area contributed by atoms with E-state index in [0.29, 0.717) is 24.7 Å². The average molecular weight is 397 g/mol. The van der Waals surface area contributed by atoms with Crippen molar-refractivity contribution in [3.63, 3.8) is 0 Å². The molecule has 2 aliphatic rings. The van der Waals surface area contributed by atoms with E-state index in [-0.39, 0.29) is 11.9 Å². The summed E-state index contributed by atoms with van der Waals surface area (Å²) in [6.45, 7) is 2.00. The van der Waals surface area contributed by atoms with Crippen LogP contribution in [0.4, 0.5) is 10.5 Å². The lowest BCUT2D eigenvalue weighted by atomic mass is 10.2. The fourth-order valence-electron chi connectivity index (χ4n) is 3.59. The van der Waals surface area contributed by atoms with E-state index in [1.54, 1.807) is 0 Å². The Kier molecular flexibility index (Phi) is 6.02. The summed E-state index contributed by atoms with van der Waals surface area (Å²) in [4.78, 5) is 26.3. The lowest BCUT2D eigenvalue weighted by Crippen LogP contribution is -2.36. The van der Waals surface area contributed by atoms with E-state index in [9.17, 15) is 9.59 Å². The van der Waals surface area contributed by atoms with Gasteiger partial charge >= 0.3 is 6.03 Å². The highest BCUT2D eigenvalue weighted by molar-refractivity contribution is 5.89. The molecule has 1 aliphatic carbocycles. The highest BCUT2D eigenvalue weighted by Gasteiger charge is 2.28. The van der Waals surface area contributed by atoms with Crippen LogP contribution in [0.1, 0.15) is 51.0 Å². The van der Waals surface area contributed by atoms with Crippen LogP contribution in [-0.4, -0.2) is 56.7 Å². The zero-order valence-electron chi connectivity index (χ0n) is 16.5. The highest BCUT2D eigenvalue weighted by atomic mass is 16.2. The molecule has 0 spiro atoms. The van der Waals surface area contributed by atoms with Crippen molar-refractivity contribution in [2.75, 3.05) is 25.0 Å². The summed E-state index contributed by atoms with van der Waals surface area (Å²) in [6, 6.07) is 7.52. The first kappa shape index (κ1) is 19.4. The second-order valence-corrected chi connectivity index (χ2v) is 7.68. The zero-order valence-corrected chi connectivity index (χ0v) is 16.5. The summed E-state index contributed by atoms with van der Waals surface area (Å²) in [7, 11) is 0. The van der Waals surface area contributed by atoms with E-state index >= 15 is 0 Å². The number of carbonyl (C=O) groups is 2. The van der Waals surface area contributed by atoms with Gasteiger partial charge in [-0.05, 0) is 60.4 Å². The summed E-state index contributed by atoms with van der Waals surface area (Å²) in [5.74, 6) is 0.862. The number of aromatic nitrogens is 4. The first-order valence-corrected chi connectivity index (χ1v) is 10.4. The fourth-order valence-corrected chi connectivity index (χ4v) is 3.59. The molecular weight excluding hydrogens is 370 g/mol. The van der Waals surface area contributed by atoms with Gasteiger partial charge in [0.1, 0.15) is 0 Å². The Bertz CT molecular complexity index is 837. The number of nitrogens with one attached hydrogen (secondary N) is 2. The van der Waals surface area contributed by atoms with Crippen molar-refractivity contribution in [2.24, 2.45) is 0 Å². The normalized spacial score (nSPS) is 16.9. The highest BCUT2D eigenvalue weighted by Crippen LogP contribution is 2.36. The first-order chi connectivity index (χ1) is 14.2. The van der Waals surface area contributed by atoms with E-state index in [0.717, 1.165) is 50.2 Å². The molecule has 9 heteroatoms. The van der Waals surface area contributed by atoms with Crippen LogP contribution in [0, 0.1) is 0 Å². The molecule has 1 saturated carbocycles. The molecule has 1 aromatic carbocycles. The Morgan fingerprint density at radius 1 is 1.03 bits per heavy atom. The number of hydrogen-bond donors (Lipinski definition) is 2. The molecule has 0 bridgehead atoms. The Balaban J connectivity index is 1.23. The van der Waals surface area contributed by atoms with Crippen LogP contribution in [0.15, 0.2) is 24.3 Å². The topological polar surface area (TPSA) is 105 Å². The second-order valence-electron chi connectivity index (χ2n) is 7.68. The number of amides is 3. The summed E-state index contributed by atoms with van der Waals surface area (Å²) in [5, 5.41) is 17.5. The number of likely N-dealkylation sites (tertiary alicyclic amines) is 1. The first-order valence-electron chi connectivity index (χ1n) is 10.4. The summed E-state index contributed by atoms with van der Waals surface area (Å²) in [6.07, 6.45) is 7.08. The lowest BCUT2D eigenvalue weighted by molar-refractivity contribution is -0.131. The molecule has 3 amide bonds. The van der Waals surface area contributed by atoms with Crippen LogP contribution < -0.4 is 10.6 Å². The Hall–Kier alpha value is -2.97. The molecular formula is C20H27N7O2. The SMILES string of the molecule is O=C(NCCC(=O)N1CCCCCC1)Nc1ccc(-c2nnnn2C2CC2)cc1. The molecule has 154 valence electrons. The van der Waals surface area contributed by atoms with E-state index in [4.69, 9.17) is 0 Å². The number of benzene rings is 1. The Morgan fingerprint density at radius 2 is 1.76 bits per heavy atom. The van der Waals surface area contributed by atoms with Crippen LogP contribution in [0.2, 0.25) is 0 Å². The van der Waals surface area contributed by atoms with Crippen LogP contribution in [0.5, 0.6) is 0 Å². The largest absolute Gasteiger partial charge is 0.343 e. The van der Waals surface area contributed by atoms with Gasteiger partial charge in [0.25, 0.3) is 0 Å².